The molecule has 7 heteroatoms. The van der Waals surface area contributed by atoms with Gasteiger partial charge in [-0.1, -0.05) is 0 Å². The summed E-state index contributed by atoms with van der Waals surface area (Å²) in [7, 11) is 0. The van der Waals surface area contributed by atoms with Crippen molar-refractivity contribution < 1.29 is 14.7 Å². The molecule has 3 heterocycles. The van der Waals surface area contributed by atoms with Crippen molar-refractivity contribution in [2.45, 2.75) is 38.6 Å². The zero-order valence-corrected chi connectivity index (χ0v) is 14.1. The number of aliphatic carboxylic acids is 1. The topological polar surface area (TPSA) is 96.3 Å². The summed E-state index contributed by atoms with van der Waals surface area (Å²) < 4.78 is 0. The highest BCUT2D eigenvalue weighted by atomic mass is 16.4. The van der Waals surface area contributed by atoms with Gasteiger partial charge in [0.05, 0.1) is 12.5 Å². The van der Waals surface area contributed by atoms with Crippen LogP contribution in [0.2, 0.25) is 0 Å². The second-order valence-electron chi connectivity index (χ2n) is 6.15. The minimum Gasteiger partial charge on any atom is -0.481 e. The lowest BCUT2D eigenvalue weighted by atomic mass is 10.1. The molecule has 0 spiro atoms. The van der Waals surface area contributed by atoms with E-state index in [1.54, 1.807) is 35.5 Å². The van der Waals surface area contributed by atoms with E-state index in [0.29, 0.717) is 30.0 Å². The van der Waals surface area contributed by atoms with Gasteiger partial charge in [-0.25, -0.2) is 9.97 Å². The number of carbonyl (C=O) groups excluding carboxylic acids is 1. The SMILES string of the molecule is Cc1cc(CCC(=O)O)nc([C@@H]2CCCN2C(=O)c2ccncc2)n1. The summed E-state index contributed by atoms with van der Waals surface area (Å²) in [6.45, 7) is 2.52. The van der Waals surface area contributed by atoms with Gasteiger partial charge in [0.15, 0.2) is 5.82 Å². The minimum atomic E-state index is -0.854. The Labute approximate surface area is 145 Å². The predicted octanol–water partition coefficient (Wildman–Crippen LogP) is 2.17. The summed E-state index contributed by atoms with van der Waals surface area (Å²) in [5.74, 6) is -0.310. The third kappa shape index (κ3) is 3.99. The lowest BCUT2D eigenvalue weighted by molar-refractivity contribution is -0.136. The van der Waals surface area contributed by atoms with Gasteiger partial charge in [-0.15, -0.1) is 0 Å². The Kier molecular flexibility index (Phi) is 5.02. The molecule has 3 rings (SSSR count). The molecule has 0 bridgehead atoms. The van der Waals surface area contributed by atoms with E-state index in [9.17, 15) is 9.59 Å². The fourth-order valence-electron chi connectivity index (χ4n) is 3.11. The number of amides is 1. The Morgan fingerprint density at radius 3 is 2.76 bits per heavy atom. The number of carboxylic acids is 1. The van der Waals surface area contributed by atoms with Crippen LogP contribution in [-0.4, -0.2) is 43.4 Å². The first-order chi connectivity index (χ1) is 12.0. The molecule has 0 unspecified atom stereocenters. The minimum absolute atomic E-state index is 0.0280. The molecule has 1 aliphatic rings. The van der Waals surface area contributed by atoms with E-state index >= 15 is 0 Å². The van der Waals surface area contributed by atoms with Crippen molar-refractivity contribution in [1.82, 2.24) is 19.9 Å². The molecular formula is C18H20N4O3. The molecule has 1 N–H and O–H groups in total. The molecule has 1 saturated heterocycles. The molecule has 0 radical (unpaired) electrons. The van der Waals surface area contributed by atoms with Gasteiger partial charge in [0.1, 0.15) is 0 Å². The molecule has 25 heavy (non-hydrogen) atoms. The van der Waals surface area contributed by atoms with E-state index in [0.717, 1.165) is 18.5 Å². The van der Waals surface area contributed by atoms with E-state index in [4.69, 9.17) is 5.11 Å². The van der Waals surface area contributed by atoms with Gasteiger partial charge in [0.2, 0.25) is 0 Å². The second kappa shape index (κ2) is 7.38. The first kappa shape index (κ1) is 17.0. The van der Waals surface area contributed by atoms with Crippen molar-refractivity contribution in [2.75, 3.05) is 6.54 Å². The van der Waals surface area contributed by atoms with Gasteiger partial charge in [0.25, 0.3) is 5.91 Å². The zero-order valence-electron chi connectivity index (χ0n) is 14.1. The number of aryl methyl sites for hydroxylation is 2. The molecular weight excluding hydrogens is 320 g/mol. The highest BCUT2D eigenvalue weighted by molar-refractivity contribution is 5.94. The Morgan fingerprint density at radius 1 is 1.28 bits per heavy atom. The van der Waals surface area contributed by atoms with Crippen LogP contribution in [-0.2, 0) is 11.2 Å². The van der Waals surface area contributed by atoms with Crippen LogP contribution in [0.5, 0.6) is 0 Å². The highest BCUT2D eigenvalue weighted by Gasteiger charge is 2.32. The van der Waals surface area contributed by atoms with Crippen LogP contribution in [0.25, 0.3) is 0 Å². The number of aromatic nitrogens is 3. The summed E-state index contributed by atoms with van der Waals surface area (Å²) in [5.41, 5.74) is 2.09. The number of carbonyl (C=O) groups is 2. The van der Waals surface area contributed by atoms with E-state index < -0.39 is 5.97 Å². The van der Waals surface area contributed by atoms with Crippen LogP contribution >= 0.6 is 0 Å². The maximum atomic E-state index is 12.8. The molecule has 7 nitrogen and oxygen atoms in total. The number of carboxylic acid groups (broad SMARTS) is 1. The Bertz CT molecular complexity index is 779. The normalized spacial score (nSPS) is 16.8. The summed E-state index contributed by atoms with van der Waals surface area (Å²) in [6, 6.07) is 5.03. The summed E-state index contributed by atoms with van der Waals surface area (Å²) >= 11 is 0. The van der Waals surface area contributed by atoms with Crippen LogP contribution < -0.4 is 0 Å². The Morgan fingerprint density at radius 2 is 2.04 bits per heavy atom. The summed E-state index contributed by atoms with van der Waals surface area (Å²) in [6.07, 6.45) is 5.29. The van der Waals surface area contributed by atoms with Crippen LogP contribution in [0.4, 0.5) is 0 Å². The van der Waals surface area contributed by atoms with Gasteiger partial charge < -0.3 is 10.0 Å². The molecule has 1 fully saturated rings. The fraction of sp³-hybridized carbons (Fsp3) is 0.389. The number of nitrogens with zero attached hydrogens (tertiary/aromatic N) is 4. The van der Waals surface area contributed by atoms with Crippen molar-refractivity contribution in [1.29, 1.82) is 0 Å². The molecule has 130 valence electrons. The maximum absolute atomic E-state index is 12.8. The van der Waals surface area contributed by atoms with E-state index in [1.807, 2.05) is 6.92 Å². The van der Waals surface area contributed by atoms with Gasteiger partial charge in [0, 0.05) is 42.3 Å². The number of likely N-dealkylation sites (tertiary alicyclic amines) is 1. The average Bonchev–Trinajstić information content (AvgIpc) is 3.09. The molecule has 0 aromatic carbocycles. The molecule has 2 aromatic rings. The number of hydrogen-bond donors (Lipinski definition) is 1. The maximum Gasteiger partial charge on any atom is 0.303 e. The van der Waals surface area contributed by atoms with Crippen LogP contribution in [0, 0.1) is 6.92 Å². The smallest absolute Gasteiger partial charge is 0.303 e. The number of hydrogen-bond acceptors (Lipinski definition) is 5. The molecule has 0 saturated carbocycles. The number of rotatable bonds is 5. The second-order valence-corrected chi connectivity index (χ2v) is 6.15. The van der Waals surface area contributed by atoms with Crippen molar-refractivity contribution in [3.63, 3.8) is 0 Å². The Balaban J connectivity index is 1.84. The molecule has 1 aliphatic heterocycles. The van der Waals surface area contributed by atoms with Gasteiger partial charge in [-0.05, 0) is 38.0 Å². The molecule has 1 atom stereocenters. The average molecular weight is 340 g/mol. The van der Waals surface area contributed by atoms with Crippen molar-refractivity contribution >= 4 is 11.9 Å². The highest BCUT2D eigenvalue weighted by Crippen LogP contribution is 2.31. The molecule has 0 aliphatic carbocycles. The van der Waals surface area contributed by atoms with Crippen LogP contribution in [0.1, 0.15) is 52.9 Å². The molecule has 1 amide bonds. The summed E-state index contributed by atoms with van der Waals surface area (Å²) in [4.78, 5) is 38.4. The Hall–Kier alpha value is -2.83. The fourth-order valence-corrected chi connectivity index (χ4v) is 3.11. The zero-order chi connectivity index (χ0) is 17.8. The third-order valence-corrected chi connectivity index (χ3v) is 4.26. The van der Waals surface area contributed by atoms with Crippen LogP contribution in [0.15, 0.2) is 30.6 Å². The van der Waals surface area contributed by atoms with Crippen molar-refractivity contribution in [3.8, 4) is 0 Å². The lowest BCUT2D eigenvalue weighted by Crippen LogP contribution is -2.31. The first-order valence-electron chi connectivity index (χ1n) is 8.32. The van der Waals surface area contributed by atoms with E-state index in [-0.39, 0.29) is 18.4 Å². The number of pyridine rings is 1. The third-order valence-electron chi connectivity index (χ3n) is 4.26. The van der Waals surface area contributed by atoms with Gasteiger partial charge in [-0.2, -0.15) is 0 Å². The quantitative estimate of drug-likeness (QED) is 0.896. The van der Waals surface area contributed by atoms with Gasteiger partial charge in [-0.3, -0.25) is 14.6 Å². The first-order valence-corrected chi connectivity index (χ1v) is 8.32. The predicted molar refractivity (Wildman–Crippen MR) is 90.0 cm³/mol. The van der Waals surface area contributed by atoms with Crippen LogP contribution in [0.3, 0.4) is 0 Å². The van der Waals surface area contributed by atoms with Crippen molar-refractivity contribution in [3.05, 3.63) is 53.4 Å². The van der Waals surface area contributed by atoms with E-state index in [2.05, 4.69) is 15.0 Å². The van der Waals surface area contributed by atoms with Gasteiger partial charge >= 0.3 is 5.97 Å². The largest absolute Gasteiger partial charge is 0.481 e. The standard InChI is InChI=1S/C18H20N4O3/c1-12-11-14(4-5-16(23)24)21-17(20-12)15-3-2-10-22(15)18(25)13-6-8-19-9-7-13/h6-9,11,15H,2-5,10H2,1H3,(H,23,24)/t15-/m0/s1. The molecule has 2 aromatic heterocycles. The van der Waals surface area contributed by atoms with E-state index in [1.165, 1.54) is 0 Å². The lowest BCUT2D eigenvalue weighted by Gasteiger charge is -2.24. The van der Waals surface area contributed by atoms with Crippen molar-refractivity contribution in [2.24, 2.45) is 0 Å². The monoisotopic (exact) mass is 340 g/mol. The summed E-state index contributed by atoms with van der Waals surface area (Å²) in [5, 5.41) is 8.86.